The van der Waals surface area contributed by atoms with Gasteiger partial charge in [0.05, 0.1) is 5.69 Å². The van der Waals surface area contributed by atoms with E-state index in [1.807, 2.05) is 30.3 Å². The molecule has 2 aromatic rings. The quantitative estimate of drug-likeness (QED) is 0.443. The smallest absolute Gasteiger partial charge is 0.0705 e. The molecular formula is C12H9N7. The molecule has 0 unspecified atom stereocenters. The molecule has 0 bridgehead atoms. The van der Waals surface area contributed by atoms with Gasteiger partial charge in [0.15, 0.2) is 0 Å². The van der Waals surface area contributed by atoms with Crippen LogP contribution in [0, 0.1) is 0 Å². The van der Waals surface area contributed by atoms with Gasteiger partial charge in [0, 0.05) is 26.9 Å². The third-order valence-corrected chi connectivity index (χ3v) is 2.36. The van der Waals surface area contributed by atoms with Crippen molar-refractivity contribution in [1.82, 2.24) is 0 Å². The molecule has 0 atom stereocenters. The Balaban J connectivity index is 2.47. The summed E-state index contributed by atoms with van der Waals surface area (Å²) >= 11 is 0. The molecule has 0 heterocycles. The van der Waals surface area contributed by atoms with Crippen LogP contribution in [-0.2, 0) is 0 Å². The van der Waals surface area contributed by atoms with Crippen molar-refractivity contribution in [2.75, 3.05) is 5.32 Å². The predicted molar refractivity (Wildman–Crippen MR) is 73.8 cm³/mol. The van der Waals surface area contributed by atoms with E-state index in [2.05, 4.69) is 25.4 Å². The van der Waals surface area contributed by atoms with Gasteiger partial charge in [0.1, 0.15) is 0 Å². The van der Waals surface area contributed by atoms with E-state index in [-0.39, 0.29) is 11.4 Å². The first-order chi connectivity index (χ1) is 9.35. The lowest BCUT2D eigenvalue weighted by molar-refractivity contribution is 1.39. The van der Waals surface area contributed by atoms with Gasteiger partial charge < -0.3 is 5.32 Å². The van der Waals surface area contributed by atoms with Crippen LogP contribution in [0.3, 0.4) is 0 Å². The predicted octanol–water partition coefficient (Wildman–Crippen LogP) is 5.31. The lowest BCUT2D eigenvalue weighted by atomic mass is 10.2. The Bertz CT molecular complexity index is 668. The van der Waals surface area contributed by atoms with Crippen LogP contribution in [0.4, 0.5) is 22.7 Å². The molecule has 7 nitrogen and oxygen atoms in total. The van der Waals surface area contributed by atoms with Crippen molar-refractivity contribution in [1.29, 1.82) is 0 Å². The Morgan fingerprint density at radius 1 is 0.842 bits per heavy atom. The van der Waals surface area contributed by atoms with E-state index in [0.717, 1.165) is 5.69 Å². The average Bonchev–Trinajstić information content (AvgIpc) is 2.44. The molecule has 1 N–H and O–H groups in total. The molecular weight excluding hydrogens is 242 g/mol. The minimum absolute atomic E-state index is 0.270. The number of nitrogens with one attached hydrogen (secondary N) is 1. The number of anilines is 2. The van der Waals surface area contributed by atoms with E-state index in [1.165, 1.54) is 0 Å². The van der Waals surface area contributed by atoms with Gasteiger partial charge in [-0.25, -0.2) is 0 Å². The van der Waals surface area contributed by atoms with Crippen molar-refractivity contribution in [3.63, 3.8) is 0 Å². The molecule has 0 aliphatic heterocycles. The lowest BCUT2D eigenvalue weighted by Crippen LogP contribution is -1.89. The van der Waals surface area contributed by atoms with Crippen molar-refractivity contribution in [3.05, 3.63) is 69.4 Å². The molecule has 0 amide bonds. The van der Waals surface area contributed by atoms with E-state index in [9.17, 15) is 0 Å². The van der Waals surface area contributed by atoms with Crippen LogP contribution in [0.15, 0.2) is 58.8 Å². The third-order valence-electron chi connectivity index (χ3n) is 2.36. The van der Waals surface area contributed by atoms with Gasteiger partial charge in [0.25, 0.3) is 0 Å². The molecule has 2 rings (SSSR count). The van der Waals surface area contributed by atoms with Crippen molar-refractivity contribution < 1.29 is 0 Å². The molecule has 7 heteroatoms. The average molecular weight is 251 g/mol. The second-order valence-electron chi connectivity index (χ2n) is 3.54. The van der Waals surface area contributed by atoms with Crippen LogP contribution in [0.25, 0.3) is 20.9 Å². The van der Waals surface area contributed by atoms with E-state index in [0.29, 0.717) is 5.69 Å². The monoisotopic (exact) mass is 251 g/mol. The molecule has 0 fully saturated rings. The van der Waals surface area contributed by atoms with Gasteiger partial charge in [-0.3, -0.25) is 0 Å². The number of hydrogen-bond donors (Lipinski definition) is 1. The van der Waals surface area contributed by atoms with Crippen LogP contribution >= 0.6 is 0 Å². The number of benzene rings is 2. The van der Waals surface area contributed by atoms with Gasteiger partial charge in [0.2, 0.25) is 0 Å². The molecule has 0 saturated carbocycles. The zero-order valence-corrected chi connectivity index (χ0v) is 9.80. The summed E-state index contributed by atoms with van der Waals surface area (Å²) in [5.74, 6) is 0. The minimum Gasteiger partial charge on any atom is -0.355 e. The number of hydrogen-bond acceptors (Lipinski definition) is 3. The molecule has 0 aliphatic rings. The summed E-state index contributed by atoms with van der Waals surface area (Å²) in [5, 5.41) is 10.2. The van der Waals surface area contributed by atoms with E-state index in [4.69, 9.17) is 11.1 Å². The molecule has 2 aromatic carbocycles. The van der Waals surface area contributed by atoms with Crippen molar-refractivity contribution in [2.24, 2.45) is 10.2 Å². The van der Waals surface area contributed by atoms with E-state index in [1.54, 1.807) is 18.2 Å². The van der Waals surface area contributed by atoms with Gasteiger partial charge in [-0.2, -0.15) is 0 Å². The van der Waals surface area contributed by atoms with Gasteiger partial charge >= 0.3 is 0 Å². The topological polar surface area (TPSA) is 110 Å². The Hall–Kier alpha value is -3.14. The number of rotatable bonds is 4. The maximum atomic E-state index is 8.60. The second-order valence-corrected chi connectivity index (χ2v) is 3.54. The Morgan fingerprint density at radius 3 is 2.26 bits per heavy atom. The molecule has 19 heavy (non-hydrogen) atoms. The standard InChI is InChI=1S/C12H9N7/c13-18-16-11-8-4-7-10(12(11)17-19-14)15-9-5-2-1-3-6-9/h1-8,15H. The lowest BCUT2D eigenvalue weighted by Gasteiger charge is -2.10. The van der Waals surface area contributed by atoms with Crippen LogP contribution in [0.5, 0.6) is 0 Å². The summed E-state index contributed by atoms with van der Waals surface area (Å²) in [5.41, 5.74) is 19.1. The highest BCUT2D eigenvalue weighted by atomic mass is 15.2. The zero-order chi connectivity index (χ0) is 13.5. The van der Waals surface area contributed by atoms with Crippen LogP contribution in [-0.4, -0.2) is 0 Å². The van der Waals surface area contributed by atoms with Crippen molar-refractivity contribution in [3.8, 4) is 0 Å². The fraction of sp³-hybridized carbons (Fsp3) is 0. The summed E-state index contributed by atoms with van der Waals surface area (Å²) in [7, 11) is 0. The van der Waals surface area contributed by atoms with Crippen LogP contribution in [0.1, 0.15) is 0 Å². The zero-order valence-electron chi connectivity index (χ0n) is 9.80. The number of azide groups is 2. The van der Waals surface area contributed by atoms with Crippen LogP contribution < -0.4 is 5.32 Å². The number of nitrogens with zero attached hydrogens (tertiary/aromatic N) is 6. The van der Waals surface area contributed by atoms with Gasteiger partial charge in [-0.15, -0.1) is 0 Å². The second kappa shape index (κ2) is 5.97. The Kier molecular flexibility index (Phi) is 3.87. The van der Waals surface area contributed by atoms with Crippen molar-refractivity contribution in [2.45, 2.75) is 0 Å². The highest BCUT2D eigenvalue weighted by Gasteiger charge is 2.05. The fourth-order valence-corrected chi connectivity index (χ4v) is 1.59. The maximum absolute atomic E-state index is 8.60. The first-order valence-electron chi connectivity index (χ1n) is 5.40. The Morgan fingerprint density at radius 2 is 1.58 bits per heavy atom. The largest absolute Gasteiger partial charge is 0.355 e. The molecule has 0 radical (unpaired) electrons. The highest BCUT2D eigenvalue weighted by molar-refractivity contribution is 5.80. The summed E-state index contributed by atoms with van der Waals surface area (Å²) in [6.07, 6.45) is 0. The molecule has 0 spiro atoms. The van der Waals surface area contributed by atoms with Crippen LogP contribution in [0.2, 0.25) is 0 Å². The number of para-hydroxylation sites is 1. The summed E-state index contributed by atoms with van der Waals surface area (Å²) in [4.78, 5) is 5.46. The van der Waals surface area contributed by atoms with E-state index >= 15 is 0 Å². The first kappa shape index (κ1) is 12.3. The maximum Gasteiger partial charge on any atom is 0.0705 e. The third kappa shape index (κ3) is 2.95. The first-order valence-corrected chi connectivity index (χ1v) is 5.40. The summed E-state index contributed by atoms with van der Waals surface area (Å²) < 4.78 is 0. The highest BCUT2D eigenvalue weighted by Crippen LogP contribution is 2.37. The van der Waals surface area contributed by atoms with E-state index < -0.39 is 0 Å². The molecule has 0 aromatic heterocycles. The molecule has 92 valence electrons. The van der Waals surface area contributed by atoms with Gasteiger partial charge in [-0.1, -0.05) is 40.6 Å². The van der Waals surface area contributed by atoms with Crippen molar-refractivity contribution >= 4 is 22.7 Å². The fourth-order valence-electron chi connectivity index (χ4n) is 1.59. The molecule has 0 aliphatic carbocycles. The Labute approximate surface area is 108 Å². The SMILES string of the molecule is [N-]=[N+]=Nc1cccc(Nc2ccccc2)c1N=[N+]=[N-]. The van der Waals surface area contributed by atoms with Gasteiger partial charge in [-0.05, 0) is 29.3 Å². The molecule has 0 saturated heterocycles. The summed E-state index contributed by atoms with van der Waals surface area (Å²) in [6.45, 7) is 0. The minimum atomic E-state index is 0.270. The normalized spacial score (nSPS) is 9.05. The summed E-state index contributed by atoms with van der Waals surface area (Å²) in [6, 6.07) is 14.5.